The first kappa shape index (κ1) is 16.6. The van der Waals surface area contributed by atoms with Crippen LogP contribution in [0, 0.1) is 5.41 Å². The highest BCUT2D eigenvalue weighted by atomic mass is 16.5. The second kappa shape index (κ2) is 6.31. The highest BCUT2D eigenvalue weighted by molar-refractivity contribution is 5.82. The highest BCUT2D eigenvalue weighted by Gasteiger charge is 2.36. The lowest BCUT2D eigenvalue weighted by atomic mass is 9.85. The predicted molar refractivity (Wildman–Crippen MR) is 96.2 cm³/mol. The lowest BCUT2D eigenvalue weighted by Gasteiger charge is -2.40. The summed E-state index contributed by atoms with van der Waals surface area (Å²) in [5.41, 5.74) is 3.29. The average molecular weight is 323 g/mol. The van der Waals surface area contributed by atoms with Crippen LogP contribution in [-0.4, -0.2) is 24.5 Å². The molecule has 3 rings (SSSR count). The SMILES string of the molecule is COc1ccc(C2c3ccccc3CCN2C(=O)C(C)(C)C)cc1. The molecule has 126 valence electrons. The molecule has 0 aromatic heterocycles. The number of carbonyl (C=O) groups is 1. The third-order valence-electron chi connectivity index (χ3n) is 4.62. The number of hydrogen-bond donors (Lipinski definition) is 0. The zero-order valence-corrected chi connectivity index (χ0v) is 14.9. The van der Waals surface area contributed by atoms with E-state index in [4.69, 9.17) is 4.74 Å². The van der Waals surface area contributed by atoms with Crippen molar-refractivity contribution in [3.8, 4) is 5.75 Å². The Kier molecular flexibility index (Phi) is 4.35. The molecule has 2 aromatic rings. The Morgan fingerprint density at radius 3 is 2.38 bits per heavy atom. The molecule has 0 N–H and O–H groups in total. The zero-order chi connectivity index (χ0) is 17.3. The number of benzene rings is 2. The van der Waals surface area contributed by atoms with Crippen LogP contribution in [0.25, 0.3) is 0 Å². The first-order valence-electron chi connectivity index (χ1n) is 8.44. The molecule has 1 aliphatic rings. The molecule has 1 unspecified atom stereocenters. The summed E-state index contributed by atoms with van der Waals surface area (Å²) in [6.07, 6.45) is 0.907. The summed E-state index contributed by atoms with van der Waals surface area (Å²) in [7, 11) is 1.67. The average Bonchev–Trinajstić information content (AvgIpc) is 2.59. The number of methoxy groups -OCH3 is 1. The van der Waals surface area contributed by atoms with Gasteiger partial charge in [-0.25, -0.2) is 0 Å². The number of ether oxygens (including phenoxy) is 1. The molecule has 0 bridgehead atoms. The zero-order valence-electron chi connectivity index (χ0n) is 14.9. The van der Waals surface area contributed by atoms with Crippen molar-refractivity contribution in [1.29, 1.82) is 0 Å². The second-order valence-electron chi connectivity index (χ2n) is 7.37. The summed E-state index contributed by atoms with van der Waals surface area (Å²) in [5.74, 6) is 1.02. The molecule has 0 saturated heterocycles. The quantitative estimate of drug-likeness (QED) is 0.828. The van der Waals surface area contributed by atoms with Crippen molar-refractivity contribution in [1.82, 2.24) is 4.90 Å². The smallest absolute Gasteiger partial charge is 0.228 e. The van der Waals surface area contributed by atoms with E-state index in [0.29, 0.717) is 0 Å². The topological polar surface area (TPSA) is 29.5 Å². The lowest BCUT2D eigenvalue weighted by Crippen LogP contribution is -2.45. The molecule has 1 atom stereocenters. The summed E-state index contributed by atoms with van der Waals surface area (Å²) < 4.78 is 5.27. The molecule has 2 aromatic carbocycles. The Hall–Kier alpha value is -2.29. The minimum atomic E-state index is -0.392. The van der Waals surface area contributed by atoms with Crippen LogP contribution in [0.5, 0.6) is 5.75 Å². The highest BCUT2D eigenvalue weighted by Crippen LogP contribution is 2.37. The van der Waals surface area contributed by atoms with E-state index >= 15 is 0 Å². The molecule has 0 radical (unpaired) electrons. The molecule has 0 saturated carbocycles. The monoisotopic (exact) mass is 323 g/mol. The molecule has 3 heteroatoms. The minimum absolute atomic E-state index is 0.0346. The molecular formula is C21H25NO2. The van der Waals surface area contributed by atoms with Gasteiger partial charge in [0.25, 0.3) is 0 Å². The van der Waals surface area contributed by atoms with Crippen molar-refractivity contribution in [2.75, 3.05) is 13.7 Å². The Labute approximate surface area is 144 Å². The van der Waals surface area contributed by atoms with E-state index in [2.05, 4.69) is 36.4 Å². The van der Waals surface area contributed by atoms with Gasteiger partial charge in [-0.05, 0) is 35.2 Å². The molecule has 3 nitrogen and oxygen atoms in total. The van der Waals surface area contributed by atoms with Crippen molar-refractivity contribution < 1.29 is 9.53 Å². The van der Waals surface area contributed by atoms with Crippen LogP contribution in [0.3, 0.4) is 0 Å². The Morgan fingerprint density at radius 1 is 1.08 bits per heavy atom. The Morgan fingerprint density at radius 2 is 1.75 bits per heavy atom. The van der Waals surface area contributed by atoms with Crippen LogP contribution in [-0.2, 0) is 11.2 Å². The molecule has 24 heavy (non-hydrogen) atoms. The summed E-state index contributed by atoms with van der Waals surface area (Å²) in [6, 6.07) is 16.5. The maximum absolute atomic E-state index is 13.0. The molecular weight excluding hydrogens is 298 g/mol. The van der Waals surface area contributed by atoms with E-state index in [0.717, 1.165) is 24.3 Å². The van der Waals surface area contributed by atoms with E-state index in [1.165, 1.54) is 11.1 Å². The largest absolute Gasteiger partial charge is 0.497 e. The number of rotatable bonds is 2. The first-order chi connectivity index (χ1) is 11.4. The fourth-order valence-corrected chi connectivity index (χ4v) is 3.36. The second-order valence-corrected chi connectivity index (χ2v) is 7.37. The molecule has 0 aliphatic carbocycles. The fraction of sp³-hybridized carbons (Fsp3) is 0.381. The predicted octanol–water partition coefficient (Wildman–Crippen LogP) is 4.22. The standard InChI is InChI=1S/C21H25NO2/c1-21(2,3)20(23)22-14-13-15-7-5-6-8-18(15)19(22)16-9-11-17(24-4)12-10-16/h5-12,19H,13-14H2,1-4H3. The molecule has 1 aliphatic heterocycles. The van der Waals surface area contributed by atoms with Crippen LogP contribution >= 0.6 is 0 Å². The van der Waals surface area contributed by atoms with Crippen molar-refractivity contribution in [2.45, 2.75) is 33.2 Å². The first-order valence-corrected chi connectivity index (χ1v) is 8.44. The minimum Gasteiger partial charge on any atom is -0.497 e. The third-order valence-corrected chi connectivity index (χ3v) is 4.62. The normalized spacial score (nSPS) is 17.3. The van der Waals surface area contributed by atoms with Crippen LogP contribution in [0.15, 0.2) is 48.5 Å². The van der Waals surface area contributed by atoms with E-state index in [9.17, 15) is 4.79 Å². The molecule has 1 heterocycles. The van der Waals surface area contributed by atoms with Gasteiger partial charge in [-0.3, -0.25) is 4.79 Å². The maximum Gasteiger partial charge on any atom is 0.228 e. The molecule has 0 spiro atoms. The van der Waals surface area contributed by atoms with Crippen LogP contribution in [0.4, 0.5) is 0 Å². The van der Waals surface area contributed by atoms with Crippen molar-refractivity contribution in [3.63, 3.8) is 0 Å². The maximum atomic E-state index is 13.0. The van der Waals surface area contributed by atoms with Crippen molar-refractivity contribution >= 4 is 5.91 Å². The fourth-order valence-electron chi connectivity index (χ4n) is 3.36. The van der Waals surface area contributed by atoms with Crippen molar-refractivity contribution in [2.24, 2.45) is 5.41 Å². The van der Waals surface area contributed by atoms with E-state index < -0.39 is 5.41 Å². The van der Waals surface area contributed by atoms with Gasteiger partial charge >= 0.3 is 0 Å². The van der Waals surface area contributed by atoms with Gasteiger partial charge in [0.15, 0.2) is 0 Å². The number of amides is 1. The van der Waals surface area contributed by atoms with Gasteiger partial charge < -0.3 is 9.64 Å². The van der Waals surface area contributed by atoms with Gasteiger partial charge in [-0.2, -0.15) is 0 Å². The van der Waals surface area contributed by atoms with Crippen LogP contribution < -0.4 is 4.74 Å². The summed E-state index contributed by atoms with van der Waals surface area (Å²) in [6.45, 7) is 6.71. The number of carbonyl (C=O) groups excluding carboxylic acids is 1. The van der Waals surface area contributed by atoms with Gasteiger partial charge in [-0.15, -0.1) is 0 Å². The third kappa shape index (κ3) is 3.03. The molecule has 0 fully saturated rings. The number of nitrogens with zero attached hydrogens (tertiary/aromatic N) is 1. The Bertz CT molecular complexity index is 728. The lowest BCUT2D eigenvalue weighted by molar-refractivity contribution is -0.141. The van der Waals surface area contributed by atoms with Crippen LogP contribution in [0.1, 0.15) is 43.5 Å². The summed E-state index contributed by atoms with van der Waals surface area (Å²) in [5, 5.41) is 0. The van der Waals surface area contributed by atoms with Gasteiger partial charge in [-0.1, -0.05) is 57.2 Å². The van der Waals surface area contributed by atoms with Crippen LogP contribution in [0.2, 0.25) is 0 Å². The number of hydrogen-bond acceptors (Lipinski definition) is 2. The van der Waals surface area contributed by atoms with E-state index in [-0.39, 0.29) is 11.9 Å². The number of fused-ring (bicyclic) bond motifs is 1. The van der Waals surface area contributed by atoms with Gasteiger partial charge in [0, 0.05) is 12.0 Å². The van der Waals surface area contributed by atoms with E-state index in [1.54, 1.807) is 7.11 Å². The van der Waals surface area contributed by atoms with Gasteiger partial charge in [0.2, 0.25) is 5.91 Å². The summed E-state index contributed by atoms with van der Waals surface area (Å²) >= 11 is 0. The van der Waals surface area contributed by atoms with Crippen molar-refractivity contribution in [3.05, 3.63) is 65.2 Å². The Balaban J connectivity index is 2.08. The van der Waals surface area contributed by atoms with E-state index in [1.807, 2.05) is 37.8 Å². The van der Waals surface area contributed by atoms with Gasteiger partial charge in [0.05, 0.1) is 13.2 Å². The molecule has 1 amide bonds. The summed E-state index contributed by atoms with van der Waals surface area (Å²) in [4.78, 5) is 15.1. The van der Waals surface area contributed by atoms with Gasteiger partial charge in [0.1, 0.15) is 5.75 Å².